The molecule has 0 unspecified atom stereocenters. The minimum absolute atomic E-state index is 0.522. The summed E-state index contributed by atoms with van der Waals surface area (Å²) < 4.78 is 7.54. The normalized spacial score (nSPS) is 10.5. The average Bonchev–Trinajstić information content (AvgIpc) is 2.70. The van der Waals surface area contributed by atoms with Crippen LogP contribution in [-0.2, 0) is 13.5 Å². The van der Waals surface area contributed by atoms with Gasteiger partial charge in [-0.25, -0.2) is 4.98 Å². The van der Waals surface area contributed by atoms with Gasteiger partial charge in [0.1, 0.15) is 11.6 Å². The Morgan fingerprint density at radius 2 is 2.29 bits per heavy atom. The van der Waals surface area contributed by atoms with E-state index in [1.807, 2.05) is 17.8 Å². The molecule has 0 bridgehead atoms. The van der Waals surface area contributed by atoms with Gasteiger partial charge >= 0.3 is 0 Å². The number of nitrogens with zero attached hydrogens (tertiary/aromatic N) is 2. The summed E-state index contributed by atoms with van der Waals surface area (Å²) in [5, 5.41) is 0.569. The monoisotopic (exact) mass is 251 g/mol. The molecule has 0 aliphatic heterocycles. The molecule has 0 atom stereocenters. The van der Waals surface area contributed by atoms with E-state index >= 15 is 0 Å². The number of rotatable bonds is 4. The summed E-state index contributed by atoms with van der Waals surface area (Å²) in [6, 6.07) is 5.20. The fourth-order valence-corrected chi connectivity index (χ4v) is 1.69. The van der Waals surface area contributed by atoms with Crippen LogP contribution in [0, 0.1) is 0 Å². The van der Waals surface area contributed by atoms with E-state index in [9.17, 15) is 0 Å². The summed E-state index contributed by atoms with van der Waals surface area (Å²) in [5.74, 6) is 1.59. The molecule has 2 rings (SSSR count). The summed E-state index contributed by atoms with van der Waals surface area (Å²) >= 11 is 5.99. The quantitative estimate of drug-likeness (QED) is 0.849. The first-order valence-electron chi connectivity index (χ1n) is 5.31. The highest BCUT2D eigenvalue weighted by molar-refractivity contribution is 6.32. The van der Waals surface area contributed by atoms with E-state index in [0.717, 1.165) is 12.2 Å². The Labute approximate surface area is 105 Å². The predicted molar refractivity (Wildman–Crippen MR) is 68.3 cm³/mol. The van der Waals surface area contributed by atoms with Crippen molar-refractivity contribution in [2.24, 2.45) is 7.05 Å². The molecular formula is C12H14ClN3O. The largest absolute Gasteiger partial charge is 0.491 e. The molecule has 0 aliphatic carbocycles. The lowest BCUT2D eigenvalue weighted by Gasteiger charge is -2.08. The minimum atomic E-state index is 0.522. The third-order valence-electron chi connectivity index (χ3n) is 2.46. The molecule has 0 fully saturated rings. The maximum atomic E-state index is 5.99. The average molecular weight is 252 g/mol. The van der Waals surface area contributed by atoms with Crippen LogP contribution in [0.3, 0.4) is 0 Å². The number of hydrogen-bond acceptors (Lipinski definition) is 3. The first-order valence-corrected chi connectivity index (χ1v) is 5.68. The van der Waals surface area contributed by atoms with E-state index in [0.29, 0.717) is 23.1 Å². The molecule has 0 saturated carbocycles. The maximum Gasteiger partial charge on any atom is 0.139 e. The molecule has 1 aromatic heterocycles. The van der Waals surface area contributed by atoms with E-state index in [4.69, 9.17) is 22.1 Å². The van der Waals surface area contributed by atoms with Crippen molar-refractivity contribution >= 4 is 17.3 Å². The Hall–Kier alpha value is -1.68. The highest BCUT2D eigenvalue weighted by Crippen LogP contribution is 2.26. The predicted octanol–water partition coefficient (Wildman–Crippen LogP) is 2.28. The molecule has 0 spiro atoms. The third-order valence-corrected chi connectivity index (χ3v) is 2.77. The number of halogens is 1. The maximum absolute atomic E-state index is 5.99. The number of nitrogen functional groups attached to an aromatic ring is 1. The van der Waals surface area contributed by atoms with Gasteiger partial charge < -0.3 is 15.0 Å². The van der Waals surface area contributed by atoms with E-state index in [1.165, 1.54) is 0 Å². The molecule has 90 valence electrons. The van der Waals surface area contributed by atoms with Crippen molar-refractivity contribution in [3.8, 4) is 5.75 Å². The standard InChI is InChI=1S/C12H14ClN3O/c1-16-6-5-15-12(16)4-7-17-11-8-9(14)2-3-10(11)13/h2-3,5-6,8H,4,7,14H2,1H3. The summed E-state index contributed by atoms with van der Waals surface area (Å²) in [6.45, 7) is 0.522. The topological polar surface area (TPSA) is 53.1 Å². The molecule has 2 N–H and O–H groups in total. The second-order valence-electron chi connectivity index (χ2n) is 3.74. The molecule has 0 amide bonds. The third kappa shape index (κ3) is 2.91. The molecule has 17 heavy (non-hydrogen) atoms. The van der Waals surface area contributed by atoms with Crippen LogP contribution in [0.1, 0.15) is 5.82 Å². The Morgan fingerprint density at radius 3 is 3.00 bits per heavy atom. The fourth-order valence-electron chi connectivity index (χ4n) is 1.52. The van der Waals surface area contributed by atoms with E-state index < -0.39 is 0 Å². The molecule has 1 heterocycles. The number of nitrogens with two attached hydrogens (primary N) is 1. The van der Waals surface area contributed by atoms with Crippen LogP contribution in [0.15, 0.2) is 30.6 Å². The van der Waals surface area contributed by atoms with Gasteiger partial charge in [0.2, 0.25) is 0 Å². The Balaban J connectivity index is 1.94. The van der Waals surface area contributed by atoms with Crippen LogP contribution < -0.4 is 10.5 Å². The fraction of sp³-hybridized carbons (Fsp3) is 0.250. The zero-order chi connectivity index (χ0) is 12.3. The number of aryl methyl sites for hydroxylation is 1. The minimum Gasteiger partial charge on any atom is -0.491 e. The van der Waals surface area contributed by atoms with Crippen LogP contribution in [-0.4, -0.2) is 16.2 Å². The smallest absolute Gasteiger partial charge is 0.139 e. The molecule has 0 aliphatic rings. The van der Waals surface area contributed by atoms with Crippen molar-refractivity contribution in [3.63, 3.8) is 0 Å². The van der Waals surface area contributed by atoms with Gasteiger partial charge in [0.25, 0.3) is 0 Å². The lowest BCUT2D eigenvalue weighted by molar-refractivity contribution is 0.318. The second-order valence-corrected chi connectivity index (χ2v) is 4.15. The van der Waals surface area contributed by atoms with Crippen LogP contribution in [0.25, 0.3) is 0 Å². The number of aromatic nitrogens is 2. The number of ether oxygens (including phenoxy) is 1. The number of anilines is 1. The first-order chi connectivity index (χ1) is 8.16. The van der Waals surface area contributed by atoms with Gasteiger partial charge in [-0.15, -0.1) is 0 Å². The molecular weight excluding hydrogens is 238 g/mol. The van der Waals surface area contributed by atoms with Gasteiger partial charge in [0, 0.05) is 37.6 Å². The van der Waals surface area contributed by atoms with Crippen molar-refractivity contribution in [1.82, 2.24) is 9.55 Å². The van der Waals surface area contributed by atoms with Crippen molar-refractivity contribution in [2.45, 2.75) is 6.42 Å². The van der Waals surface area contributed by atoms with Crippen LogP contribution in [0.2, 0.25) is 5.02 Å². The van der Waals surface area contributed by atoms with E-state index in [1.54, 1.807) is 24.4 Å². The molecule has 0 radical (unpaired) electrons. The Bertz CT molecular complexity index is 510. The second kappa shape index (κ2) is 5.10. The Kier molecular flexibility index (Phi) is 3.54. The Morgan fingerprint density at radius 1 is 1.47 bits per heavy atom. The van der Waals surface area contributed by atoms with Crippen LogP contribution in [0.4, 0.5) is 5.69 Å². The zero-order valence-corrected chi connectivity index (χ0v) is 10.3. The summed E-state index contributed by atoms with van der Waals surface area (Å²) in [6.07, 6.45) is 4.40. The van der Waals surface area contributed by atoms with Crippen molar-refractivity contribution in [2.75, 3.05) is 12.3 Å². The van der Waals surface area contributed by atoms with Gasteiger partial charge in [-0.3, -0.25) is 0 Å². The number of hydrogen-bond donors (Lipinski definition) is 1. The SMILES string of the molecule is Cn1ccnc1CCOc1cc(N)ccc1Cl. The molecule has 5 heteroatoms. The van der Waals surface area contributed by atoms with Gasteiger partial charge in [-0.05, 0) is 12.1 Å². The van der Waals surface area contributed by atoms with Gasteiger partial charge in [-0.2, -0.15) is 0 Å². The lowest BCUT2D eigenvalue weighted by Crippen LogP contribution is -2.06. The summed E-state index contributed by atoms with van der Waals surface area (Å²) in [4.78, 5) is 4.21. The van der Waals surface area contributed by atoms with Gasteiger partial charge in [-0.1, -0.05) is 11.6 Å². The molecule has 1 aromatic carbocycles. The van der Waals surface area contributed by atoms with Gasteiger partial charge in [0.05, 0.1) is 11.6 Å². The van der Waals surface area contributed by atoms with Crippen molar-refractivity contribution < 1.29 is 4.74 Å². The number of benzene rings is 1. The summed E-state index contributed by atoms with van der Waals surface area (Å²) in [7, 11) is 1.95. The van der Waals surface area contributed by atoms with Gasteiger partial charge in [0.15, 0.2) is 0 Å². The van der Waals surface area contributed by atoms with E-state index in [2.05, 4.69) is 4.98 Å². The highest BCUT2D eigenvalue weighted by Gasteiger charge is 2.03. The molecule has 2 aromatic rings. The number of imidazole rings is 1. The highest BCUT2D eigenvalue weighted by atomic mass is 35.5. The van der Waals surface area contributed by atoms with E-state index in [-0.39, 0.29) is 0 Å². The first kappa shape index (κ1) is 11.8. The van der Waals surface area contributed by atoms with Crippen LogP contribution >= 0.6 is 11.6 Å². The summed E-state index contributed by atoms with van der Waals surface area (Å²) in [5.41, 5.74) is 6.30. The lowest BCUT2D eigenvalue weighted by atomic mass is 10.3. The van der Waals surface area contributed by atoms with Crippen LogP contribution in [0.5, 0.6) is 5.75 Å². The van der Waals surface area contributed by atoms with Crippen molar-refractivity contribution in [1.29, 1.82) is 0 Å². The molecule has 4 nitrogen and oxygen atoms in total. The zero-order valence-electron chi connectivity index (χ0n) is 9.56. The van der Waals surface area contributed by atoms with Crippen molar-refractivity contribution in [3.05, 3.63) is 41.4 Å². The molecule has 0 saturated heterocycles.